The van der Waals surface area contributed by atoms with E-state index < -0.39 is 11.6 Å². The third-order valence-electron chi connectivity index (χ3n) is 5.13. The molecule has 128 valence electrons. The monoisotopic (exact) mass is 332 g/mol. The molecule has 3 rings (SSSR count). The van der Waals surface area contributed by atoms with Gasteiger partial charge in [0, 0.05) is 24.5 Å². The zero-order chi connectivity index (χ0) is 17.2. The summed E-state index contributed by atoms with van der Waals surface area (Å²) in [5.74, 6) is -0.723. The number of hydrogen-bond acceptors (Lipinski definition) is 1. The minimum Gasteiger partial charge on any atom is -0.457 e. The van der Waals surface area contributed by atoms with Gasteiger partial charge >= 0.3 is 0 Å². The van der Waals surface area contributed by atoms with E-state index in [1.54, 1.807) is 0 Å². The normalized spacial score (nSPS) is 16.5. The maximum atomic E-state index is 13.4. The van der Waals surface area contributed by atoms with E-state index in [1.807, 2.05) is 18.2 Å². The highest BCUT2D eigenvalue weighted by molar-refractivity contribution is 5.37. The van der Waals surface area contributed by atoms with Crippen LogP contribution >= 0.6 is 0 Å². The summed E-state index contributed by atoms with van der Waals surface area (Å²) in [4.78, 5) is 0. The molecule has 1 aliphatic heterocycles. The van der Waals surface area contributed by atoms with E-state index >= 15 is 0 Å². The highest BCUT2D eigenvalue weighted by atomic mass is 19.2. The van der Waals surface area contributed by atoms with E-state index in [1.165, 1.54) is 32.0 Å². The fourth-order valence-electron chi connectivity index (χ4n) is 3.56. The average molecular weight is 332 g/mol. The van der Waals surface area contributed by atoms with Crippen molar-refractivity contribution < 1.29 is 18.0 Å². The summed E-state index contributed by atoms with van der Waals surface area (Å²) >= 11 is 0. The van der Waals surface area contributed by atoms with E-state index in [9.17, 15) is 8.78 Å². The molecule has 0 unspecified atom stereocenters. The molecule has 0 spiro atoms. The number of rotatable bonds is 5. The van der Waals surface area contributed by atoms with E-state index in [0.29, 0.717) is 17.5 Å². The number of halogens is 2. The minimum absolute atomic E-state index is 0.318. The van der Waals surface area contributed by atoms with Crippen LogP contribution in [0.1, 0.15) is 32.3 Å². The van der Waals surface area contributed by atoms with Crippen LogP contribution in [-0.4, -0.2) is 23.6 Å². The summed E-state index contributed by atoms with van der Waals surface area (Å²) in [5, 5.41) is 0. The first-order valence-corrected chi connectivity index (χ1v) is 8.57. The third kappa shape index (κ3) is 3.44. The van der Waals surface area contributed by atoms with Crippen molar-refractivity contribution in [1.29, 1.82) is 0 Å². The molecule has 0 aromatic heterocycles. The highest BCUT2D eigenvalue weighted by Gasteiger charge is 2.35. The van der Waals surface area contributed by atoms with Gasteiger partial charge < -0.3 is 9.22 Å². The van der Waals surface area contributed by atoms with Crippen LogP contribution in [-0.2, 0) is 6.54 Å². The second-order valence-electron chi connectivity index (χ2n) is 6.91. The highest BCUT2D eigenvalue weighted by Crippen LogP contribution is 2.32. The quantitative estimate of drug-likeness (QED) is 0.677. The van der Waals surface area contributed by atoms with E-state index in [0.717, 1.165) is 28.7 Å². The van der Waals surface area contributed by atoms with Crippen LogP contribution in [0.5, 0.6) is 11.5 Å². The number of hydrogen-bond donors (Lipinski definition) is 0. The summed E-state index contributed by atoms with van der Waals surface area (Å²) in [6.45, 7) is 7.79. The SMILES string of the molecule is CC(C)[N+]1(Cc2ccccc2Oc2ccc(F)c(F)c2)CCCC1. The molecule has 1 heterocycles. The molecule has 1 aliphatic rings. The molecule has 0 bridgehead atoms. The molecule has 4 heteroatoms. The smallest absolute Gasteiger partial charge is 0.162 e. The van der Waals surface area contributed by atoms with Gasteiger partial charge in [0.15, 0.2) is 11.6 Å². The van der Waals surface area contributed by atoms with Gasteiger partial charge in [0.1, 0.15) is 18.0 Å². The molecule has 1 fully saturated rings. The van der Waals surface area contributed by atoms with E-state index in [-0.39, 0.29) is 0 Å². The summed E-state index contributed by atoms with van der Waals surface area (Å²) in [6, 6.07) is 12.0. The largest absolute Gasteiger partial charge is 0.457 e. The molecule has 2 aromatic carbocycles. The van der Waals surface area contributed by atoms with Crippen molar-refractivity contribution in [2.75, 3.05) is 13.1 Å². The standard InChI is InChI=1S/C20H24F2NO/c1-15(2)23(11-5-6-12-23)14-16-7-3-4-8-20(16)24-17-9-10-18(21)19(22)13-17/h3-4,7-10,13,15H,5-6,11-12,14H2,1-2H3/q+1. The number of benzene rings is 2. The second kappa shape index (κ2) is 6.89. The lowest BCUT2D eigenvalue weighted by Gasteiger charge is -2.38. The zero-order valence-corrected chi connectivity index (χ0v) is 14.3. The van der Waals surface area contributed by atoms with Gasteiger partial charge in [0.25, 0.3) is 0 Å². The lowest BCUT2D eigenvalue weighted by Crippen LogP contribution is -2.49. The van der Waals surface area contributed by atoms with Gasteiger partial charge in [-0.15, -0.1) is 0 Å². The van der Waals surface area contributed by atoms with Crippen LogP contribution in [0, 0.1) is 11.6 Å². The van der Waals surface area contributed by atoms with Crippen LogP contribution in [0.4, 0.5) is 8.78 Å². The molecule has 1 saturated heterocycles. The van der Waals surface area contributed by atoms with Crippen molar-refractivity contribution in [2.24, 2.45) is 0 Å². The number of likely N-dealkylation sites (tertiary alicyclic amines) is 1. The lowest BCUT2D eigenvalue weighted by molar-refractivity contribution is -0.949. The van der Waals surface area contributed by atoms with Crippen molar-refractivity contribution in [2.45, 2.75) is 39.3 Å². The van der Waals surface area contributed by atoms with Gasteiger partial charge in [-0.25, -0.2) is 8.78 Å². The molecule has 2 aromatic rings. The van der Waals surface area contributed by atoms with Crippen molar-refractivity contribution in [1.82, 2.24) is 0 Å². The Kier molecular flexibility index (Phi) is 4.86. The number of nitrogens with zero attached hydrogens (tertiary/aromatic N) is 1. The summed E-state index contributed by atoms with van der Waals surface area (Å²) in [7, 11) is 0. The Labute approximate surface area is 142 Å². The maximum absolute atomic E-state index is 13.4. The predicted octanol–water partition coefficient (Wildman–Crippen LogP) is 5.28. The average Bonchev–Trinajstić information content (AvgIpc) is 3.03. The Morgan fingerprint density at radius 3 is 2.38 bits per heavy atom. The Hall–Kier alpha value is -1.94. The van der Waals surface area contributed by atoms with Gasteiger partial charge in [0.05, 0.1) is 19.1 Å². The van der Waals surface area contributed by atoms with Crippen LogP contribution in [0.2, 0.25) is 0 Å². The van der Waals surface area contributed by atoms with Crippen LogP contribution in [0.15, 0.2) is 42.5 Å². The molecule has 24 heavy (non-hydrogen) atoms. The fourth-order valence-corrected chi connectivity index (χ4v) is 3.56. The van der Waals surface area contributed by atoms with Gasteiger partial charge in [-0.2, -0.15) is 0 Å². The Morgan fingerprint density at radius 1 is 1.00 bits per heavy atom. The zero-order valence-electron chi connectivity index (χ0n) is 14.3. The topological polar surface area (TPSA) is 9.23 Å². The van der Waals surface area contributed by atoms with Crippen molar-refractivity contribution in [3.8, 4) is 11.5 Å². The Balaban J connectivity index is 1.86. The minimum atomic E-state index is -0.893. The fraction of sp³-hybridized carbons (Fsp3) is 0.400. The molecule has 0 atom stereocenters. The van der Waals surface area contributed by atoms with Gasteiger partial charge in [0.2, 0.25) is 0 Å². The predicted molar refractivity (Wildman–Crippen MR) is 90.9 cm³/mol. The molecule has 0 saturated carbocycles. The number of para-hydroxylation sites is 1. The van der Waals surface area contributed by atoms with Crippen molar-refractivity contribution in [3.63, 3.8) is 0 Å². The molecule has 0 amide bonds. The van der Waals surface area contributed by atoms with Crippen molar-refractivity contribution >= 4 is 0 Å². The second-order valence-corrected chi connectivity index (χ2v) is 6.91. The van der Waals surface area contributed by atoms with Gasteiger partial charge in [-0.1, -0.05) is 12.1 Å². The first-order valence-electron chi connectivity index (χ1n) is 8.57. The van der Waals surface area contributed by atoms with Crippen LogP contribution < -0.4 is 4.74 Å². The molecule has 0 aliphatic carbocycles. The van der Waals surface area contributed by atoms with Gasteiger partial charge in [-0.05, 0) is 38.1 Å². The molecule has 0 radical (unpaired) electrons. The van der Waals surface area contributed by atoms with Crippen LogP contribution in [0.3, 0.4) is 0 Å². The van der Waals surface area contributed by atoms with Crippen LogP contribution in [0.25, 0.3) is 0 Å². The molecule has 0 N–H and O–H groups in total. The maximum Gasteiger partial charge on any atom is 0.162 e. The van der Waals surface area contributed by atoms with Crippen molar-refractivity contribution in [3.05, 3.63) is 59.7 Å². The summed E-state index contributed by atoms with van der Waals surface area (Å²) in [5.41, 5.74) is 1.11. The third-order valence-corrected chi connectivity index (χ3v) is 5.13. The molecule has 2 nitrogen and oxygen atoms in total. The first kappa shape index (κ1) is 16.9. The number of quaternary nitrogens is 1. The van der Waals surface area contributed by atoms with Gasteiger partial charge in [-0.3, -0.25) is 0 Å². The van der Waals surface area contributed by atoms with E-state index in [4.69, 9.17) is 4.74 Å². The van der Waals surface area contributed by atoms with E-state index in [2.05, 4.69) is 19.9 Å². The Bertz CT molecular complexity index is 709. The Morgan fingerprint density at radius 2 is 1.71 bits per heavy atom. The summed E-state index contributed by atoms with van der Waals surface area (Å²) < 4.78 is 33.4. The summed E-state index contributed by atoms with van der Waals surface area (Å²) in [6.07, 6.45) is 2.51. The lowest BCUT2D eigenvalue weighted by atomic mass is 10.1. The first-order chi connectivity index (χ1) is 11.5. The number of ether oxygens (including phenoxy) is 1. The molecular weight excluding hydrogens is 308 g/mol. The molecular formula is C20H24F2NO+.